The lowest BCUT2D eigenvalue weighted by molar-refractivity contribution is 0.386. The Morgan fingerprint density at radius 1 is 1.42 bits per heavy atom. The molecule has 0 atom stereocenters. The summed E-state index contributed by atoms with van der Waals surface area (Å²) in [5.74, 6) is -0.0739. The van der Waals surface area contributed by atoms with Crippen LogP contribution in [-0.2, 0) is 13.1 Å². The van der Waals surface area contributed by atoms with Crippen LogP contribution in [0.3, 0.4) is 0 Å². The monoisotopic (exact) mass is 263 g/mol. The molecule has 1 aromatic carbocycles. The summed E-state index contributed by atoms with van der Waals surface area (Å²) in [6, 6.07) is 4.98. The minimum atomic E-state index is -0.340. The highest BCUT2D eigenvalue weighted by atomic mass is 19.1. The van der Waals surface area contributed by atoms with Gasteiger partial charge in [-0.3, -0.25) is 0 Å². The molecule has 0 aliphatic heterocycles. The quantitative estimate of drug-likeness (QED) is 0.868. The van der Waals surface area contributed by atoms with Crippen molar-refractivity contribution in [3.05, 3.63) is 47.8 Å². The molecule has 0 amide bonds. The summed E-state index contributed by atoms with van der Waals surface area (Å²) < 4.78 is 20.4. The van der Waals surface area contributed by atoms with Crippen molar-refractivity contribution >= 4 is 0 Å². The highest BCUT2D eigenvalue weighted by Crippen LogP contribution is 2.18. The SMILES string of the molecule is CCNCc1cn(Cc2ccc(OC)c(F)c2)cn1. The van der Waals surface area contributed by atoms with Crippen molar-refractivity contribution in [2.45, 2.75) is 20.0 Å². The maximum Gasteiger partial charge on any atom is 0.165 e. The number of nitrogens with zero attached hydrogens (tertiary/aromatic N) is 2. The Kier molecular flexibility index (Phi) is 4.52. The minimum absolute atomic E-state index is 0.266. The van der Waals surface area contributed by atoms with Crippen molar-refractivity contribution in [3.63, 3.8) is 0 Å². The van der Waals surface area contributed by atoms with Gasteiger partial charge in [-0.2, -0.15) is 0 Å². The summed E-state index contributed by atoms with van der Waals surface area (Å²) in [6.07, 6.45) is 3.72. The van der Waals surface area contributed by atoms with Crippen LogP contribution in [0, 0.1) is 5.82 Å². The van der Waals surface area contributed by atoms with Gasteiger partial charge >= 0.3 is 0 Å². The molecule has 4 nitrogen and oxygen atoms in total. The molecule has 0 spiro atoms. The smallest absolute Gasteiger partial charge is 0.165 e. The Balaban J connectivity index is 2.04. The Morgan fingerprint density at radius 3 is 2.95 bits per heavy atom. The molecule has 1 N–H and O–H groups in total. The molecule has 0 fully saturated rings. The van der Waals surface area contributed by atoms with Gasteiger partial charge < -0.3 is 14.6 Å². The second-order valence-electron chi connectivity index (χ2n) is 4.29. The van der Waals surface area contributed by atoms with E-state index >= 15 is 0 Å². The molecule has 0 bridgehead atoms. The molecule has 1 aromatic heterocycles. The molecule has 0 aliphatic carbocycles. The van der Waals surface area contributed by atoms with Gasteiger partial charge in [-0.15, -0.1) is 0 Å². The zero-order valence-corrected chi connectivity index (χ0v) is 11.2. The molecular formula is C14H18FN3O. The number of ether oxygens (including phenoxy) is 1. The van der Waals surface area contributed by atoms with Crippen LogP contribution in [-0.4, -0.2) is 23.2 Å². The van der Waals surface area contributed by atoms with Crippen molar-refractivity contribution in [2.24, 2.45) is 0 Å². The second-order valence-corrected chi connectivity index (χ2v) is 4.29. The van der Waals surface area contributed by atoms with Crippen LogP contribution in [0.5, 0.6) is 5.75 Å². The summed E-state index contributed by atoms with van der Waals surface area (Å²) in [5, 5.41) is 3.21. The molecule has 0 radical (unpaired) electrons. The molecule has 5 heteroatoms. The third-order valence-corrected chi connectivity index (χ3v) is 2.82. The van der Waals surface area contributed by atoms with Crippen LogP contribution < -0.4 is 10.1 Å². The number of benzene rings is 1. The van der Waals surface area contributed by atoms with Gasteiger partial charge in [0.05, 0.1) is 19.1 Å². The standard InChI is InChI=1S/C14H18FN3O/c1-3-16-7-12-9-18(10-17-12)8-11-4-5-14(19-2)13(15)6-11/h4-6,9-10,16H,3,7-8H2,1-2H3. The van der Waals surface area contributed by atoms with Crippen LogP contribution in [0.25, 0.3) is 0 Å². The van der Waals surface area contributed by atoms with Crippen molar-refractivity contribution in [3.8, 4) is 5.75 Å². The van der Waals surface area contributed by atoms with E-state index < -0.39 is 0 Å². The number of rotatable bonds is 6. The van der Waals surface area contributed by atoms with Crippen molar-refractivity contribution in [2.75, 3.05) is 13.7 Å². The van der Waals surface area contributed by atoms with Crippen molar-refractivity contribution in [1.82, 2.24) is 14.9 Å². The molecule has 102 valence electrons. The van der Waals surface area contributed by atoms with E-state index in [1.807, 2.05) is 16.8 Å². The van der Waals surface area contributed by atoms with E-state index in [4.69, 9.17) is 4.74 Å². The lowest BCUT2D eigenvalue weighted by Gasteiger charge is -2.05. The molecule has 2 aromatic rings. The normalized spacial score (nSPS) is 10.7. The fourth-order valence-corrected chi connectivity index (χ4v) is 1.86. The van der Waals surface area contributed by atoms with Crippen molar-refractivity contribution < 1.29 is 9.13 Å². The fourth-order valence-electron chi connectivity index (χ4n) is 1.86. The maximum atomic E-state index is 13.6. The van der Waals surface area contributed by atoms with E-state index in [0.717, 1.165) is 24.3 Å². The lowest BCUT2D eigenvalue weighted by atomic mass is 10.2. The summed E-state index contributed by atoms with van der Waals surface area (Å²) in [7, 11) is 1.46. The summed E-state index contributed by atoms with van der Waals surface area (Å²) in [6.45, 7) is 4.31. The first-order valence-corrected chi connectivity index (χ1v) is 6.26. The third kappa shape index (κ3) is 3.54. The first-order chi connectivity index (χ1) is 9.22. The summed E-state index contributed by atoms with van der Waals surface area (Å²) in [5.41, 5.74) is 1.86. The molecule has 1 heterocycles. The van der Waals surface area contributed by atoms with Gasteiger partial charge in [-0.1, -0.05) is 13.0 Å². The number of hydrogen-bond donors (Lipinski definition) is 1. The summed E-state index contributed by atoms with van der Waals surface area (Å²) in [4.78, 5) is 4.29. The molecule has 0 unspecified atom stereocenters. The highest BCUT2D eigenvalue weighted by molar-refractivity contribution is 5.29. The molecule has 0 saturated heterocycles. The van der Waals surface area contributed by atoms with Gasteiger partial charge in [0.1, 0.15) is 0 Å². The highest BCUT2D eigenvalue weighted by Gasteiger charge is 2.04. The number of hydrogen-bond acceptors (Lipinski definition) is 3. The van der Waals surface area contributed by atoms with E-state index in [0.29, 0.717) is 6.54 Å². The van der Waals surface area contributed by atoms with Gasteiger partial charge in [-0.05, 0) is 24.2 Å². The van der Waals surface area contributed by atoms with Crippen molar-refractivity contribution in [1.29, 1.82) is 0 Å². The van der Waals surface area contributed by atoms with Gasteiger partial charge in [0.2, 0.25) is 0 Å². The fraction of sp³-hybridized carbons (Fsp3) is 0.357. The largest absolute Gasteiger partial charge is 0.494 e. The van der Waals surface area contributed by atoms with Crippen LogP contribution in [0.4, 0.5) is 4.39 Å². The lowest BCUT2D eigenvalue weighted by Crippen LogP contribution is -2.11. The molecule has 0 saturated carbocycles. The van der Waals surface area contributed by atoms with Gasteiger partial charge in [0, 0.05) is 19.3 Å². The maximum absolute atomic E-state index is 13.6. The van der Waals surface area contributed by atoms with Gasteiger partial charge in [0.25, 0.3) is 0 Å². The molecular weight excluding hydrogens is 245 g/mol. The van der Waals surface area contributed by atoms with Crippen LogP contribution in [0.15, 0.2) is 30.7 Å². The topological polar surface area (TPSA) is 39.1 Å². The minimum Gasteiger partial charge on any atom is -0.494 e. The Bertz CT molecular complexity index is 539. The number of aromatic nitrogens is 2. The Labute approximate surface area is 112 Å². The second kappa shape index (κ2) is 6.33. The average Bonchev–Trinajstić information content (AvgIpc) is 2.84. The van der Waals surface area contributed by atoms with Crippen LogP contribution in [0.1, 0.15) is 18.2 Å². The van der Waals surface area contributed by atoms with E-state index in [2.05, 4.69) is 17.2 Å². The van der Waals surface area contributed by atoms with Crippen LogP contribution >= 0.6 is 0 Å². The predicted molar refractivity (Wildman–Crippen MR) is 71.7 cm³/mol. The molecule has 19 heavy (non-hydrogen) atoms. The van der Waals surface area contributed by atoms with E-state index in [1.54, 1.807) is 12.4 Å². The van der Waals surface area contributed by atoms with Gasteiger partial charge in [0.15, 0.2) is 11.6 Å². The number of halogens is 1. The van der Waals surface area contributed by atoms with E-state index in [9.17, 15) is 4.39 Å². The zero-order chi connectivity index (χ0) is 13.7. The Morgan fingerprint density at radius 2 is 2.26 bits per heavy atom. The van der Waals surface area contributed by atoms with E-state index in [-0.39, 0.29) is 11.6 Å². The first kappa shape index (κ1) is 13.5. The average molecular weight is 263 g/mol. The number of imidazole rings is 1. The van der Waals surface area contributed by atoms with E-state index in [1.165, 1.54) is 13.2 Å². The summed E-state index contributed by atoms with van der Waals surface area (Å²) >= 11 is 0. The van der Waals surface area contributed by atoms with Gasteiger partial charge in [-0.25, -0.2) is 9.37 Å². The van der Waals surface area contributed by atoms with Crippen LogP contribution in [0.2, 0.25) is 0 Å². The molecule has 2 rings (SSSR count). The Hall–Kier alpha value is -1.88. The number of methoxy groups -OCH3 is 1. The molecule has 0 aliphatic rings. The number of nitrogens with one attached hydrogen (secondary N) is 1. The zero-order valence-electron chi connectivity index (χ0n) is 11.2. The third-order valence-electron chi connectivity index (χ3n) is 2.82. The predicted octanol–water partition coefficient (Wildman–Crippen LogP) is 2.19. The first-order valence-electron chi connectivity index (χ1n) is 6.26.